The number of rotatable bonds is 4. The Morgan fingerprint density at radius 2 is 2.29 bits per heavy atom. The second kappa shape index (κ2) is 6.38. The molecule has 0 spiro atoms. The van der Waals surface area contributed by atoms with E-state index in [1.54, 1.807) is 0 Å². The highest BCUT2D eigenvalue weighted by Gasteiger charge is 2.14. The third-order valence-electron chi connectivity index (χ3n) is 2.95. The first-order valence-electron chi connectivity index (χ1n) is 6.02. The van der Waals surface area contributed by atoms with E-state index in [1.165, 1.54) is 12.8 Å². The summed E-state index contributed by atoms with van der Waals surface area (Å²) in [6, 6.07) is 5.90. The lowest BCUT2D eigenvalue weighted by Crippen LogP contribution is -2.25. The maximum atomic E-state index is 5.73. The maximum Gasteiger partial charge on any atom is 0.120 e. The zero-order valence-electron chi connectivity index (χ0n) is 9.82. The first-order chi connectivity index (χ1) is 8.29. The van der Waals surface area contributed by atoms with E-state index in [9.17, 15) is 0 Å². The smallest absolute Gasteiger partial charge is 0.120 e. The van der Waals surface area contributed by atoms with Crippen LogP contribution in [0.1, 0.15) is 24.8 Å². The number of hydrogen-bond acceptors (Lipinski definition) is 3. The minimum absolute atomic E-state index is 0.247. The van der Waals surface area contributed by atoms with Gasteiger partial charge in [-0.1, -0.05) is 22.0 Å². The van der Waals surface area contributed by atoms with Gasteiger partial charge in [-0.2, -0.15) is 0 Å². The Bertz CT molecular complexity index is 364. The van der Waals surface area contributed by atoms with Crippen LogP contribution in [0.2, 0.25) is 0 Å². The van der Waals surface area contributed by atoms with Gasteiger partial charge in [0, 0.05) is 17.6 Å². The average Bonchev–Trinajstić information content (AvgIpc) is 2.38. The van der Waals surface area contributed by atoms with Crippen LogP contribution in [-0.2, 0) is 11.3 Å². The van der Waals surface area contributed by atoms with Crippen LogP contribution in [-0.4, -0.2) is 19.3 Å². The van der Waals surface area contributed by atoms with Gasteiger partial charge in [-0.3, -0.25) is 0 Å². The molecular weight excluding hydrogens is 282 g/mol. The highest BCUT2D eigenvalue weighted by Crippen LogP contribution is 2.23. The van der Waals surface area contributed by atoms with Gasteiger partial charge in [0.25, 0.3) is 0 Å². The lowest BCUT2D eigenvalue weighted by Gasteiger charge is -2.22. The third kappa shape index (κ3) is 3.69. The molecule has 1 aromatic carbocycles. The van der Waals surface area contributed by atoms with E-state index < -0.39 is 0 Å². The van der Waals surface area contributed by atoms with Crippen molar-refractivity contribution in [1.82, 2.24) is 0 Å². The zero-order valence-corrected chi connectivity index (χ0v) is 11.4. The number of nitrogens with two attached hydrogens (primary N) is 1. The Balaban J connectivity index is 1.87. The molecular formula is C13H18BrNO2. The Morgan fingerprint density at radius 1 is 1.41 bits per heavy atom. The van der Waals surface area contributed by atoms with Crippen LogP contribution in [0.4, 0.5) is 0 Å². The molecule has 0 aliphatic carbocycles. The molecule has 1 saturated heterocycles. The molecule has 3 nitrogen and oxygen atoms in total. The van der Waals surface area contributed by atoms with Crippen LogP contribution >= 0.6 is 15.9 Å². The summed E-state index contributed by atoms with van der Waals surface area (Å²) in [5, 5.41) is 0. The van der Waals surface area contributed by atoms with E-state index in [0.29, 0.717) is 13.2 Å². The molecule has 0 radical (unpaired) electrons. The molecule has 1 aromatic rings. The molecule has 4 heteroatoms. The molecule has 1 fully saturated rings. The first-order valence-corrected chi connectivity index (χ1v) is 6.82. The Labute approximate surface area is 110 Å². The third-order valence-corrected chi connectivity index (χ3v) is 3.69. The summed E-state index contributed by atoms with van der Waals surface area (Å²) in [4.78, 5) is 0. The summed E-state index contributed by atoms with van der Waals surface area (Å²) in [7, 11) is 0. The van der Waals surface area contributed by atoms with Crippen molar-refractivity contribution in [3.63, 3.8) is 0 Å². The van der Waals surface area contributed by atoms with Gasteiger partial charge in [0.05, 0.1) is 6.10 Å². The number of benzene rings is 1. The van der Waals surface area contributed by atoms with Crippen molar-refractivity contribution in [2.24, 2.45) is 5.73 Å². The van der Waals surface area contributed by atoms with Crippen LogP contribution in [0.5, 0.6) is 5.75 Å². The number of halogens is 1. The number of ether oxygens (including phenoxy) is 2. The van der Waals surface area contributed by atoms with E-state index in [0.717, 1.165) is 28.8 Å². The second-order valence-electron chi connectivity index (χ2n) is 4.26. The van der Waals surface area contributed by atoms with Gasteiger partial charge in [0.2, 0.25) is 0 Å². The molecule has 17 heavy (non-hydrogen) atoms. The maximum absolute atomic E-state index is 5.73. The Morgan fingerprint density at radius 3 is 2.94 bits per heavy atom. The SMILES string of the molecule is NCc1ccc(OCC2CCCCO2)cc1Br. The molecule has 0 saturated carbocycles. The Kier molecular flexibility index (Phi) is 4.83. The van der Waals surface area contributed by atoms with Gasteiger partial charge in [-0.15, -0.1) is 0 Å². The van der Waals surface area contributed by atoms with Gasteiger partial charge in [-0.25, -0.2) is 0 Å². The zero-order chi connectivity index (χ0) is 12.1. The average molecular weight is 300 g/mol. The van der Waals surface area contributed by atoms with Crippen molar-refractivity contribution >= 4 is 15.9 Å². The molecule has 2 N–H and O–H groups in total. The van der Waals surface area contributed by atoms with Crippen molar-refractivity contribution in [3.05, 3.63) is 28.2 Å². The van der Waals surface area contributed by atoms with Gasteiger partial charge >= 0.3 is 0 Å². The molecule has 1 aliphatic rings. The van der Waals surface area contributed by atoms with Crippen LogP contribution < -0.4 is 10.5 Å². The summed E-state index contributed by atoms with van der Waals surface area (Å²) >= 11 is 3.48. The topological polar surface area (TPSA) is 44.5 Å². The predicted octanol–water partition coefficient (Wildman–Crippen LogP) is 2.86. The Hall–Kier alpha value is -0.580. The lowest BCUT2D eigenvalue weighted by molar-refractivity contribution is -0.0110. The van der Waals surface area contributed by atoms with E-state index in [-0.39, 0.29) is 6.10 Å². The molecule has 0 amide bonds. The fourth-order valence-corrected chi connectivity index (χ4v) is 2.43. The van der Waals surface area contributed by atoms with Crippen molar-refractivity contribution in [1.29, 1.82) is 0 Å². The number of hydrogen-bond donors (Lipinski definition) is 1. The molecule has 1 unspecified atom stereocenters. The molecule has 1 aliphatic heterocycles. The van der Waals surface area contributed by atoms with E-state index >= 15 is 0 Å². The highest BCUT2D eigenvalue weighted by molar-refractivity contribution is 9.10. The normalized spacial score (nSPS) is 20.2. The fraction of sp³-hybridized carbons (Fsp3) is 0.538. The minimum Gasteiger partial charge on any atom is -0.491 e. The summed E-state index contributed by atoms with van der Waals surface area (Å²) in [5.74, 6) is 0.864. The van der Waals surface area contributed by atoms with Crippen molar-refractivity contribution in [3.8, 4) is 5.75 Å². The minimum atomic E-state index is 0.247. The highest BCUT2D eigenvalue weighted by atomic mass is 79.9. The van der Waals surface area contributed by atoms with Crippen LogP contribution in [0.3, 0.4) is 0 Å². The van der Waals surface area contributed by atoms with E-state index in [2.05, 4.69) is 15.9 Å². The standard InChI is InChI=1S/C13H18BrNO2/c14-13-7-11(5-4-10(13)8-15)17-9-12-3-1-2-6-16-12/h4-5,7,12H,1-3,6,8-9,15H2. The molecule has 1 atom stereocenters. The molecule has 0 bridgehead atoms. The first kappa shape index (κ1) is 12.9. The largest absolute Gasteiger partial charge is 0.491 e. The molecule has 1 heterocycles. The van der Waals surface area contributed by atoms with Crippen molar-refractivity contribution in [2.45, 2.75) is 31.9 Å². The van der Waals surface area contributed by atoms with Gasteiger partial charge in [0.1, 0.15) is 12.4 Å². The van der Waals surface area contributed by atoms with E-state index in [1.807, 2.05) is 18.2 Å². The van der Waals surface area contributed by atoms with Crippen LogP contribution in [0.15, 0.2) is 22.7 Å². The van der Waals surface area contributed by atoms with Crippen LogP contribution in [0, 0.1) is 0 Å². The van der Waals surface area contributed by atoms with Gasteiger partial charge < -0.3 is 15.2 Å². The summed E-state index contributed by atoms with van der Waals surface area (Å²) in [6.07, 6.45) is 3.76. The summed E-state index contributed by atoms with van der Waals surface area (Å²) in [6.45, 7) is 2.03. The van der Waals surface area contributed by atoms with Crippen LogP contribution in [0.25, 0.3) is 0 Å². The van der Waals surface area contributed by atoms with E-state index in [4.69, 9.17) is 15.2 Å². The second-order valence-corrected chi connectivity index (χ2v) is 5.11. The van der Waals surface area contributed by atoms with Gasteiger partial charge in [0.15, 0.2) is 0 Å². The van der Waals surface area contributed by atoms with Crippen molar-refractivity contribution < 1.29 is 9.47 Å². The van der Waals surface area contributed by atoms with Gasteiger partial charge in [-0.05, 0) is 37.0 Å². The summed E-state index contributed by atoms with van der Waals surface area (Å²) in [5.41, 5.74) is 6.69. The lowest BCUT2D eigenvalue weighted by atomic mass is 10.1. The summed E-state index contributed by atoms with van der Waals surface area (Å²) < 4.78 is 12.3. The monoisotopic (exact) mass is 299 g/mol. The van der Waals surface area contributed by atoms with Crippen molar-refractivity contribution in [2.75, 3.05) is 13.2 Å². The molecule has 2 rings (SSSR count). The fourth-order valence-electron chi connectivity index (χ4n) is 1.91. The molecule has 94 valence electrons. The molecule has 0 aromatic heterocycles. The predicted molar refractivity (Wildman–Crippen MR) is 71.1 cm³/mol. The quantitative estimate of drug-likeness (QED) is 0.930.